The standard InChI is InChI=1S/C10H12ClNOS/c1-2-8-6-12-14-10-4-3-7(11)5-9(10)13-8/h3-5,8,12H,2,6H2,1H3/t8-/m1/s1. The van der Waals surface area contributed by atoms with Crippen molar-refractivity contribution >= 4 is 23.5 Å². The van der Waals surface area contributed by atoms with Crippen LogP contribution in [0.4, 0.5) is 0 Å². The van der Waals surface area contributed by atoms with Crippen LogP contribution in [-0.2, 0) is 0 Å². The van der Waals surface area contributed by atoms with Gasteiger partial charge in [-0.25, -0.2) is 0 Å². The average molecular weight is 230 g/mol. The molecule has 0 saturated heterocycles. The number of hydrogen-bond donors (Lipinski definition) is 1. The molecule has 0 fully saturated rings. The van der Waals surface area contributed by atoms with Crippen molar-refractivity contribution in [3.63, 3.8) is 0 Å². The van der Waals surface area contributed by atoms with E-state index in [0.717, 1.165) is 28.6 Å². The van der Waals surface area contributed by atoms with Crippen LogP contribution < -0.4 is 9.46 Å². The summed E-state index contributed by atoms with van der Waals surface area (Å²) in [4.78, 5) is 1.10. The number of hydrogen-bond acceptors (Lipinski definition) is 3. The lowest BCUT2D eigenvalue weighted by Crippen LogP contribution is -2.25. The van der Waals surface area contributed by atoms with Crippen LogP contribution in [0, 0.1) is 0 Å². The van der Waals surface area contributed by atoms with Gasteiger partial charge in [-0.2, -0.15) is 0 Å². The van der Waals surface area contributed by atoms with Gasteiger partial charge >= 0.3 is 0 Å². The Morgan fingerprint density at radius 3 is 3.29 bits per heavy atom. The summed E-state index contributed by atoms with van der Waals surface area (Å²) in [6.07, 6.45) is 1.24. The van der Waals surface area contributed by atoms with E-state index in [0.29, 0.717) is 0 Å². The minimum absolute atomic E-state index is 0.238. The molecule has 4 heteroatoms. The highest BCUT2D eigenvalue weighted by Gasteiger charge is 2.16. The molecular weight excluding hydrogens is 218 g/mol. The van der Waals surface area contributed by atoms with Gasteiger partial charge in [0.1, 0.15) is 11.9 Å². The molecule has 1 aliphatic rings. The molecule has 0 saturated carbocycles. The molecule has 2 rings (SSSR count). The van der Waals surface area contributed by atoms with Gasteiger partial charge in [0.05, 0.1) is 4.90 Å². The number of ether oxygens (including phenoxy) is 1. The molecule has 0 amide bonds. The second-order valence-corrected chi connectivity index (χ2v) is 4.56. The van der Waals surface area contributed by atoms with E-state index in [-0.39, 0.29) is 6.10 Å². The number of halogens is 1. The van der Waals surface area contributed by atoms with Gasteiger partial charge in [-0.3, -0.25) is 4.72 Å². The van der Waals surface area contributed by atoms with E-state index in [9.17, 15) is 0 Å². The number of nitrogens with one attached hydrogen (secondary N) is 1. The van der Waals surface area contributed by atoms with Crippen molar-refractivity contribution in [2.45, 2.75) is 24.3 Å². The van der Waals surface area contributed by atoms with Crippen molar-refractivity contribution in [1.82, 2.24) is 4.72 Å². The molecule has 1 aromatic carbocycles. The monoisotopic (exact) mass is 229 g/mol. The average Bonchev–Trinajstić information content (AvgIpc) is 2.38. The summed E-state index contributed by atoms with van der Waals surface area (Å²) in [5.41, 5.74) is 0. The maximum Gasteiger partial charge on any atom is 0.136 e. The summed E-state index contributed by atoms with van der Waals surface area (Å²) < 4.78 is 9.09. The van der Waals surface area contributed by atoms with Crippen LogP contribution in [0.15, 0.2) is 23.1 Å². The number of benzene rings is 1. The zero-order chi connectivity index (χ0) is 9.97. The summed E-state index contributed by atoms with van der Waals surface area (Å²) in [6.45, 7) is 2.99. The van der Waals surface area contributed by atoms with Crippen molar-refractivity contribution in [1.29, 1.82) is 0 Å². The second kappa shape index (κ2) is 4.43. The molecule has 2 nitrogen and oxygen atoms in total. The van der Waals surface area contributed by atoms with Crippen LogP contribution in [0.25, 0.3) is 0 Å². The Morgan fingerprint density at radius 1 is 1.64 bits per heavy atom. The molecule has 0 unspecified atom stereocenters. The van der Waals surface area contributed by atoms with Crippen LogP contribution in [0.1, 0.15) is 13.3 Å². The van der Waals surface area contributed by atoms with E-state index < -0.39 is 0 Å². The van der Waals surface area contributed by atoms with Crippen molar-refractivity contribution in [3.05, 3.63) is 23.2 Å². The summed E-state index contributed by atoms with van der Waals surface area (Å²) >= 11 is 7.51. The van der Waals surface area contributed by atoms with Crippen LogP contribution in [-0.4, -0.2) is 12.6 Å². The third-order valence-corrected chi connectivity index (χ3v) is 3.25. The van der Waals surface area contributed by atoms with Crippen molar-refractivity contribution in [2.24, 2.45) is 0 Å². The summed E-state index contributed by atoms with van der Waals surface area (Å²) in [5, 5.41) is 0.723. The van der Waals surface area contributed by atoms with Crippen molar-refractivity contribution in [2.75, 3.05) is 6.54 Å². The van der Waals surface area contributed by atoms with Gasteiger partial charge in [0, 0.05) is 11.6 Å². The van der Waals surface area contributed by atoms with Gasteiger partial charge in [-0.15, -0.1) is 0 Å². The molecule has 0 radical (unpaired) electrons. The third-order valence-electron chi connectivity index (χ3n) is 2.15. The lowest BCUT2D eigenvalue weighted by atomic mass is 10.2. The molecule has 76 valence electrons. The van der Waals surface area contributed by atoms with Gasteiger partial charge < -0.3 is 4.74 Å². The zero-order valence-corrected chi connectivity index (χ0v) is 9.49. The van der Waals surface area contributed by atoms with E-state index in [4.69, 9.17) is 16.3 Å². The molecule has 1 aliphatic heterocycles. The Balaban J connectivity index is 2.28. The molecular formula is C10H12ClNOS. The summed E-state index contributed by atoms with van der Waals surface area (Å²) in [5.74, 6) is 0.888. The number of rotatable bonds is 1. The minimum Gasteiger partial charge on any atom is -0.488 e. The van der Waals surface area contributed by atoms with E-state index in [2.05, 4.69) is 11.6 Å². The fourth-order valence-electron chi connectivity index (χ4n) is 1.32. The normalized spacial score (nSPS) is 20.9. The van der Waals surface area contributed by atoms with Gasteiger partial charge in [0.2, 0.25) is 0 Å². The van der Waals surface area contributed by atoms with E-state index >= 15 is 0 Å². The maximum absolute atomic E-state index is 5.91. The fourth-order valence-corrected chi connectivity index (χ4v) is 2.25. The molecule has 0 aliphatic carbocycles. The molecule has 1 heterocycles. The quantitative estimate of drug-likeness (QED) is 0.748. The topological polar surface area (TPSA) is 21.3 Å². The van der Waals surface area contributed by atoms with E-state index in [1.807, 2.05) is 18.2 Å². The Hall–Kier alpha value is -0.380. The molecule has 1 aromatic rings. The first kappa shape index (κ1) is 10.1. The molecule has 1 N–H and O–H groups in total. The number of fused-ring (bicyclic) bond motifs is 1. The lowest BCUT2D eigenvalue weighted by Gasteiger charge is -2.14. The molecule has 1 atom stereocenters. The summed E-state index contributed by atoms with van der Waals surface area (Å²) in [7, 11) is 0. The molecule has 0 bridgehead atoms. The van der Waals surface area contributed by atoms with E-state index in [1.54, 1.807) is 11.9 Å². The highest BCUT2D eigenvalue weighted by atomic mass is 35.5. The lowest BCUT2D eigenvalue weighted by molar-refractivity contribution is 0.200. The zero-order valence-electron chi connectivity index (χ0n) is 7.92. The Labute approximate surface area is 93.1 Å². The summed E-state index contributed by atoms with van der Waals surface area (Å²) in [6, 6.07) is 5.73. The predicted molar refractivity (Wildman–Crippen MR) is 60.0 cm³/mol. The first-order valence-electron chi connectivity index (χ1n) is 4.65. The Morgan fingerprint density at radius 2 is 2.50 bits per heavy atom. The van der Waals surface area contributed by atoms with Crippen molar-refractivity contribution in [3.8, 4) is 5.75 Å². The fraction of sp³-hybridized carbons (Fsp3) is 0.400. The van der Waals surface area contributed by atoms with Gasteiger partial charge in [0.15, 0.2) is 0 Å². The van der Waals surface area contributed by atoms with Crippen LogP contribution >= 0.6 is 23.5 Å². The first-order valence-corrected chi connectivity index (χ1v) is 5.85. The van der Waals surface area contributed by atoms with Crippen molar-refractivity contribution < 1.29 is 4.74 Å². The second-order valence-electron chi connectivity index (χ2n) is 3.19. The maximum atomic E-state index is 5.91. The van der Waals surface area contributed by atoms with E-state index in [1.165, 1.54) is 0 Å². The highest BCUT2D eigenvalue weighted by molar-refractivity contribution is 7.97. The van der Waals surface area contributed by atoms with Gasteiger partial charge in [0.25, 0.3) is 0 Å². The first-order chi connectivity index (χ1) is 6.79. The van der Waals surface area contributed by atoms with Crippen LogP contribution in [0.5, 0.6) is 5.75 Å². The largest absolute Gasteiger partial charge is 0.488 e. The minimum atomic E-state index is 0.238. The molecule has 14 heavy (non-hydrogen) atoms. The van der Waals surface area contributed by atoms with Gasteiger partial charge in [-0.05, 0) is 36.6 Å². The molecule has 0 spiro atoms. The highest BCUT2D eigenvalue weighted by Crippen LogP contribution is 2.33. The SMILES string of the molecule is CC[C@@H]1CNSc2ccc(Cl)cc2O1. The van der Waals surface area contributed by atoms with Gasteiger partial charge in [-0.1, -0.05) is 18.5 Å². The predicted octanol–water partition coefficient (Wildman–Crippen LogP) is 3.11. The smallest absolute Gasteiger partial charge is 0.136 e. The van der Waals surface area contributed by atoms with Crippen LogP contribution in [0.3, 0.4) is 0 Å². The third kappa shape index (κ3) is 2.16. The van der Waals surface area contributed by atoms with Crippen LogP contribution in [0.2, 0.25) is 5.02 Å². The molecule has 0 aromatic heterocycles. The Kier molecular flexibility index (Phi) is 3.21. The Bertz CT molecular complexity index is 332.